The van der Waals surface area contributed by atoms with Crippen molar-refractivity contribution in [3.8, 4) is 0 Å². The van der Waals surface area contributed by atoms with Gasteiger partial charge in [-0.15, -0.1) is 0 Å². The largest absolute Gasteiger partial charge is 0.297 e. The lowest BCUT2D eigenvalue weighted by Crippen LogP contribution is -1.85. The first-order valence-corrected chi connectivity index (χ1v) is 2.63. The molecule has 1 fully saturated rings. The van der Waals surface area contributed by atoms with Crippen LogP contribution in [-0.4, -0.2) is 12.2 Å². The van der Waals surface area contributed by atoms with E-state index in [0.717, 1.165) is 19.1 Å². The van der Waals surface area contributed by atoms with Gasteiger partial charge in [0.1, 0.15) is 0 Å². The maximum Gasteiger partial charge on any atom is 0.155 e. The monoisotopic (exact) mass is 109 g/mol. The molecular formula is C6H7NO. The summed E-state index contributed by atoms with van der Waals surface area (Å²) < 4.78 is 0. The molecule has 42 valence electrons. The molecule has 0 radical (unpaired) electrons. The maximum absolute atomic E-state index is 10.00. The number of nitrogens with one attached hydrogen (secondary N) is 1. The number of carbonyl (C=O) groups excluding carboxylic acids is 1. The van der Waals surface area contributed by atoms with Crippen molar-refractivity contribution in [2.45, 2.75) is 12.8 Å². The van der Waals surface area contributed by atoms with E-state index in [0.29, 0.717) is 11.5 Å². The Balaban J connectivity index is 2.63. The third kappa shape index (κ3) is 0.849. The van der Waals surface area contributed by atoms with Gasteiger partial charge in [-0.05, 0) is 24.6 Å². The Labute approximate surface area is 47.7 Å². The van der Waals surface area contributed by atoms with E-state index < -0.39 is 0 Å². The van der Waals surface area contributed by atoms with E-state index >= 15 is 0 Å². The average Bonchev–Trinajstić information content (AvgIpc) is 2.53. The molecule has 0 aromatic carbocycles. The van der Waals surface area contributed by atoms with Crippen molar-refractivity contribution in [2.24, 2.45) is 5.92 Å². The van der Waals surface area contributed by atoms with Gasteiger partial charge >= 0.3 is 0 Å². The SMILES string of the molecule is N=C=C(C=O)C1CC1. The summed E-state index contributed by atoms with van der Waals surface area (Å²) in [5.74, 6) is 2.49. The summed E-state index contributed by atoms with van der Waals surface area (Å²) in [5, 5.41) is 6.61. The summed E-state index contributed by atoms with van der Waals surface area (Å²) in [6.07, 6.45) is 2.87. The van der Waals surface area contributed by atoms with Crippen LogP contribution in [0.1, 0.15) is 12.8 Å². The minimum atomic E-state index is 0.380. The Morgan fingerprint density at radius 1 is 1.75 bits per heavy atom. The fourth-order valence-corrected chi connectivity index (χ4v) is 0.622. The molecule has 0 aromatic heterocycles. The van der Waals surface area contributed by atoms with Gasteiger partial charge in [-0.3, -0.25) is 10.2 Å². The molecule has 0 saturated heterocycles. The lowest BCUT2D eigenvalue weighted by molar-refractivity contribution is -0.105. The number of hydrogen-bond donors (Lipinski definition) is 1. The van der Waals surface area contributed by atoms with E-state index in [1.807, 2.05) is 0 Å². The molecule has 0 amide bonds. The predicted molar refractivity (Wildman–Crippen MR) is 30.0 cm³/mol. The Kier molecular flexibility index (Phi) is 1.27. The zero-order chi connectivity index (χ0) is 5.98. The van der Waals surface area contributed by atoms with Gasteiger partial charge in [-0.2, -0.15) is 0 Å². The van der Waals surface area contributed by atoms with Crippen LogP contribution in [0.4, 0.5) is 0 Å². The van der Waals surface area contributed by atoms with Gasteiger partial charge < -0.3 is 0 Å². The van der Waals surface area contributed by atoms with Crippen LogP contribution in [0.5, 0.6) is 0 Å². The molecule has 1 aliphatic carbocycles. The van der Waals surface area contributed by atoms with Crippen LogP contribution < -0.4 is 0 Å². The lowest BCUT2D eigenvalue weighted by Gasteiger charge is -1.81. The smallest absolute Gasteiger partial charge is 0.155 e. The fourth-order valence-electron chi connectivity index (χ4n) is 0.622. The minimum absolute atomic E-state index is 0.380. The zero-order valence-corrected chi connectivity index (χ0v) is 4.48. The molecule has 1 saturated carbocycles. The highest BCUT2D eigenvalue weighted by molar-refractivity contribution is 5.87. The third-order valence-corrected chi connectivity index (χ3v) is 1.29. The Morgan fingerprint density at radius 3 is 2.50 bits per heavy atom. The van der Waals surface area contributed by atoms with Crippen molar-refractivity contribution in [1.29, 1.82) is 5.41 Å². The van der Waals surface area contributed by atoms with Gasteiger partial charge in [0.25, 0.3) is 0 Å². The number of carbonyl (C=O) groups is 1. The second kappa shape index (κ2) is 1.93. The van der Waals surface area contributed by atoms with Crippen LogP contribution in [0.3, 0.4) is 0 Å². The van der Waals surface area contributed by atoms with Crippen molar-refractivity contribution in [3.05, 3.63) is 5.57 Å². The minimum Gasteiger partial charge on any atom is -0.297 e. The molecule has 0 spiro atoms. The summed E-state index contributed by atoms with van der Waals surface area (Å²) in [6.45, 7) is 0. The molecule has 8 heavy (non-hydrogen) atoms. The molecule has 0 atom stereocenters. The molecular weight excluding hydrogens is 102 g/mol. The van der Waals surface area contributed by atoms with E-state index in [1.165, 1.54) is 0 Å². The van der Waals surface area contributed by atoms with Gasteiger partial charge in [-0.1, -0.05) is 0 Å². The van der Waals surface area contributed by atoms with Crippen LogP contribution >= 0.6 is 0 Å². The van der Waals surface area contributed by atoms with Crippen LogP contribution in [0.25, 0.3) is 0 Å². The first-order valence-electron chi connectivity index (χ1n) is 2.63. The van der Waals surface area contributed by atoms with Gasteiger partial charge in [0.15, 0.2) is 6.29 Å². The number of rotatable bonds is 2. The normalized spacial score (nSPS) is 17.0. The summed E-state index contributed by atoms with van der Waals surface area (Å²) in [6, 6.07) is 0. The van der Waals surface area contributed by atoms with E-state index in [-0.39, 0.29) is 0 Å². The first-order chi connectivity index (χ1) is 3.88. The van der Waals surface area contributed by atoms with E-state index in [4.69, 9.17) is 5.41 Å². The highest BCUT2D eigenvalue weighted by atomic mass is 16.1. The molecule has 0 aromatic rings. The molecule has 1 N–H and O–H groups in total. The number of allylic oxidation sites excluding steroid dienone is 1. The van der Waals surface area contributed by atoms with Gasteiger partial charge in [0.2, 0.25) is 0 Å². The predicted octanol–water partition coefficient (Wildman–Crippen LogP) is 0.770. The molecule has 0 aliphatic heterocycles. The molecule has 1 rings (SSSR count). The number of aldehydes is 1. The number of hydrogen-bond acceptors (Lipinski definition) is 2. The second-order valence-corrected chi connectivity index (χ2v) is 1.97. The van der Waals surface area contributed by atoms with Crippen molar-refractivity contribution < 1.29 is 4.79 Å². The van der Waals surface area contributed by atoms with E-state index in [1.54, 1.807) is 0 Å². The first kappa shape index (κ1) is 5.26. The highest BCUT2D eigenvalue weighted by Crippen LogP contribution is 2.33. The Morgan fingerprint density at radius 2 is 2.38 bits per heavy atom. The molecule has 2 heteroatoms. The molecule has 0 heterocycles. The quantitative estimate of drug-likeness (QED) is 0.317. The zero-order valence-electron chi connectivity index (χ0n) is 4.48. The van der Waals surface area contributed by atoms with E-state index in [2.05, 4.69) is 5.87 Å². The van der Waals surface area contributed by atoms with Gasteiger partial charge in [-0.25, -0.2) is 0 Å². The molecule has 1 aliphatic rings. The second-order valence-electron chi connectivity index (χ2n) is 1.97. The standard InChI is InChI=1S/C6H7NO/c7-3-6(4-8)5-1-2-5/h4-5,7H,1-2H2. The van der Waals surface area contributed by atoms with Crippen LogP contribution in [0, 0.1) is 11.3 Å². The molecule has 2 nitrogen and oxygen atoms in total. The summed E-state index contributed by atoms with van der Waals surface area (Å²) in [5.41, 5.74) is 0.532. The van der Waals surface area contributed by atoms with Gasteiger partial charge in [0, 0.05) is 0 Å². The molecule has 0 unspecified atom stereocenters. The van der Waals surface area contributed by atoms with Crippen molar-refractivity contribution >= 4 is 12.2 Å². The van der Waals surface area contributed by atoms with Crippen LogP contribution in [0.15, 0.2) is 5.57 Å². The van der Waals surface area contributed by atoms with Crippen molar-refractivity contribution in [3.63, 3.8) is 0 Å². The molecule has 0 bridgehead atoms. The van der Waals surface area contributed by atoms with Crippen molar-refractivity contribution in [2.75, 3.05) is 0 Å². The van der Waals surface area contributed by atoms with Gasteiger partial charge in [0.05, 0.1) is 5.57 Å². The lowest BCUT2D eigenvalue weighted by atomic mass is 10.2. The third-order valence-electron chi connectivity index (χ3n) is 1.29. The van der Waals surface area contributed by atoms with Crippen LogP contribution in [0.2, 0.25) is 0 Å². The maximum atomic E-state index is 10.00. The fraction of sp³-hybridized carbons (Fsp3) is 0.500. The van der Waals surface area contributed by atoms with Crippen LogP contribution in [-0.2, 0) is 4.79 Å². The van der Waals surface area contributed by atoms with E-state index in [9.17, 15) is 4.79 Å². The topological polar surface area (TPSA) is 40.9 Å². The summed E-state index contributed by atoms with van der Waals surface area (Å²) in [4.78, 5) is 10.00. The Hall–Kier alpha value is -0.880. The van der Waals surface area contributed by atoms with Crippen molar-refractivity contribution in [1.82, 2.24) is 0 Å². The highest BCUT2D eigenvalue weighted by Gasteiger charge is 2.25. The average molecular weight is 109 g/mol. The summed E-state index contributed by atoms with van der Waals surface area (Å²) in [7, 11) is 0. The Bertz CT molecular complexity index is 152. The summed E-state index contributed by atoms with van der Waals surface area (Å²) >= 11 is 0.